The maximum absolute atomic E-state index is 13.2. The molecule has 2 heterocycles. The predicted molar refractivity (Wildman–Crippen MR) is 112 cm³/mol. The van der Waals surface area contributed by atoms with E-state index in [9.17, 15) is 23.6 Å². The molecule has 1 aliphatic rings. The largest absolute Gasteiger partial charge is 0.452 e. The van der Waals surface area contributed by atoms with Crippen LogP contribution in [0.5, 0.6) is 0 Å². The summed E-state index contributed by atoms with van der Waals surface area (Å²) in [5, 5.41) is 7.22. The molecule has 0 aliphatic carbocycles. The number of likely N-dealkylation sites (tertiary alicyclic amines) is 1. The molecule has 32 heavy (non-hydrogen) atoms. The summed E-state index contributed by atoms with van der Waals surface area (Å²) in [6, 6.07) is 11.7. The summed E-state index contributed by atoms with van der Waals surface area (Å²) in [6.45, 7) is 0.190. The van der Waals surface area contributed by atoms with Crippen LogP contribution in [-0.2, 0) is 20.7 Å². The van der Waals surface area contributed by atoms with Crippen LogP contribution in [0.3, 0.4) is 0 Å². The lowest BCUT2D eigenvalue weighted by molar-refractivity contribution is -0.158. The topological polar surface area (TPSA) is 109 Å². The van der Waals surface area contributed by atoms with Crippen molar-refractivity contribution >= 4 is 28.6 Å². The number of esters is 1. The number of carbonyl (C=O) groups excluding carboxylic acids is 3. The average molecular weight is 437 g/mol. The molecule has 1 atom stereocenters. The number of benzene rings is 2. The van der Waals surface area contributed by atoms with Crippen molar-refractivity contribution in [1.29, 1.82) is 0 Å². The third-order valence-electron chi connectivity index (χ3n) is 5.34. The minimum atomic E-state index is -1.11. The summed E-state index contributed by atoms with van der Waals surface area (Å²) >= 11 is 0. The molecule has 2 aromatic carbocycles. The number of aromatic nitrogens is 2. The highest BCUT2D eigenvalue weighted by Crippen LogP contribution is 2.19. The van der Waals surface area contributed by atoms with E-state index in [1.54, 1.807) is 24.3 Å². The Bertz CT molecular complexity index is 1240. The zero-order chi connectivity index (χ0) is 22.7. The first-order valence-electron chi connectivity index (χ1n) is 10.2. The van der Waals surface area contributed by atoms with Crippen LogP contribution in [0, 0.1) is 5.82 Å². The molecule has 0 saturated carbocycles. The Hall–Kier alpha value is -3.88. The van der Waals surface area contributed by atoms with Crippen LogP contribution in [0.1, 0.15) is 35.3 Å². The van der Waals surface area contributed by atoms with Crippen LogP contribution in [0.2, 0.25) is 0 Å². The molecular weight excluding hydrogens is 417 g/mol. The van der Waals surface area contributed by atoms with Crippen LogP contribution in [0.4, 0.5) is 4.39 Å². The number of halogens is 1. The molecule has 1 aromatic heterocycles. The number of nitrogens with zero attached hydrogens (tertiary/aromatic N) is 2. The minimum absolute atomic E-state index is 0.177. The van der Waals surface area contributed by atoms with Gasteiger partial charge in [-0.15, -0.1) is 0 Å². The van der Waals surface area contributed by atoms with E-state index in [2.05, 4.69) is 10.2 Å². The molecular formula is C23H20FN3O5. The Kier molecular flexibility index (Phi) is 6.07. The highest BCUT2D eigenvalue weighted by atomic mass is 19.1. The van der Waals surface area contributed by atoms with Crippen molar-refractivity contribution in [3.63, 3.8) is 0 Å². The Morgan fingerprint density at radius 3 is 2.53 bits per heavy atom. The maximum atomic E-state index is 13.2. The molecule has 1 N–H and O–H groups in total. The van der Waals surface area contributed by atoms with E-state index in [0.29, 0.717) is 29.3 Å². The first-order valence-corrected chi connectivity index (χ1v) is 10.2. The minimum Gasteiger partial charge on any atom is -0.452 e. The van der Waals surface area contributed by atoms with Crippen molar-refractivity contribution in [3.05, 3.63) is 76.0 Å². The highest BCUT2D eigenvalue weighted by Gasteiger charge is 2.34. The van der Waals surface area contributed by atoms with Gasteiger partial charge in [0.1, 0.15) is 5.82 Å². The lowest BCUT2D eigenvalue weighted by atomic mass is 10.1. The first-order chi connectivity index (χ1) is 15.4. The third kappa shape index (κ3) is 4.41. The quantitative estimate of drug-likeness (QED) is 0.496. The molecule has 1 saturated heterocycles. The molecule has 0 bridgehead atoms. The lowest BCUT2D eigenvalue weighted by Crippen LogP contribution is -2.43. The second kappa shape index (κ2) is 9.09. The van der Waals surface area contributed by atoms with Gasteiger partial charge in [-0.1, -0.05) is 18.2 Å². The number of H-pyrrole nitrogens is 1. The number of imide groups is 1. The van der Waals surface area contributed by atoms with E-state index in [1.165, 1.54) is 12.1 Å². The molecule has 1 aliphatic heterocycles. The fraction of sp³-hybridized carbons (Fsp3) is 0.261. The van der Waals surface area contributed by atoms with Gasteiger partial charge < -0.3 is 4.74 Å². The van der Waals surface area contributed by atoms with Crippen molar-refractivity contribution in [1.82, 2.24) is 15.1 Å². The smallest absolute Gasteiger partial charge is 0.312 e. The van der Waals surface area contributed by atoms with Crippen molar-refractivity contribution in [2.75, 3.05) is 6.54 Å². The molecule has 2 amide bonds. The van der Waals surface area contributed by atoms with E-state index in [0.717, 1.165) is 17.0 Å². The Morgan fingerprint density at radius 1 is 1.06 bits per heavy atom. The summed E-state index contributed by atoms with van der Waals surface area (Å²) in [7, 11) is 0. The average Bonchev–Trinajstić information content (AvgIpc) is 2.97. The molecule has 0 spiro atoms. The van der Waals surface area contributed by atoms with Crippen LogP contribution in [0.15, 0.2) is 53.3 Å². The van der Waals surface area contributed by atoms with Gasteiger partial charge >= 0.3 is 5.97 Å². The summed E-state index contributed by atoms with van der Waals surface area (Å²) < 4.78 is 18.6. The molecule has 3 aromatic rings. The van der Waals surface area contributed by atoms with Crippen molar-refractivity contribution in [2.24, 2.45) is 0 Å². The van der Waals surface area contributed by atoms with Gasteiger partial charge in [0.2, 0.25) is 0 Å². The second-order valence-electron chi connectivity index (χ2n) is 7.50. The zero-order valence-corrected chi connectivity index (χ0v) is 17.0. The van der Waals surface area contributed by atoms with Gasteiger partial charge in [0.25, 0.3) is 17.4 Å². The molecule has 164 valence electrons. The van der Waals surface area contributed by atoms with E-state index < -0.39 is 29.7 Å². The van der Waals surface area contributed by atoms with Crippen LogP contribution < -0.4 is 5.56 Å². The molecule has 1 unspecified atom stereocenters. The zero-order valence-electron chi connectivity index (χ0n) is 17.0. The molecule has 8 nitrogen and oxygen atoms in total. The van der Waals surface area contributed by atoms with Crippen molar-refractivity contribution in [3.8, 4) is 0 Å². The second-order valence-corrected chi connectivity index (χ2v) is 7.50. The maximum Gasteiger partial charge on any atom is 0.312 e. The number of hydrogen-bond acceptors (Lipinski definition) is 6. The predicted octanol–water partition coefficient (Wildman–Crippen LogP) is 2.37. The highest BCUT2D eigenvalue weighted by molar-refractivity contribution is 6.06. The van der Waals surface area contributed by atoms with E-state index >= 15 is 0 Å². The monoisotopic (exact) mass is 437 g/mol. The lowest BCUT2D eigenvalue weighted by Gasteiger charge is -2.22. The van der Waals surface area contributed by atoms with Crippen molar-refractivity contribution in [2.45, 2.75) is 31.8 Å². The fourth-order valence-corrected chi connectivity index (χ4v) is 3.71. The van der Waals surface area contributed by atoms with Gasteiger partial charge in [0.15, 0.2) is 6.10 Å². The molecule has 0 radical (unpaired) electrons. The Morgan fingerprint density at radius 2 is 1.78 bits per heavy atom. The van der Waals surface area contributed by atoms with Crippen LogP contribution >= 0.6 is 0 Å². The van der Waals surface area contributed by atoms with Gasteiger partial charge in [-0.05, 0) is 49.6 Å². The Labute approximate surface area is 182 Å². The number of carbonyl (C=O) groups is 3. The summed E-state index contributed by atoms with van der Waals surface area (Å²) in [5.41, 5.74) is 0.132. The standard InChI is InChI=1S/C23H20FN3O5/c24-15-10-8-14(9-11-15)22(30)27-12-4-3-7-19(23(27)31)32-20(28)13-18-16-5-1-2-6-17(16)21(29)26-25-18/h1-2,5-6,8-11,19H,3-4,7,12-13H2,(H,26,29). The van der Waals surface area contributed by atoms with E-state index in [-0.39, 0.29) is 30.5 Å². The number of hydrogen-bond donors (Lipinski definition) is 1. The fourth-order valence-electron chi connectivity index (χ4n) is 3.71. The number of aromatic amines is 1. The van der Waals surface area contributed by atoms with E-state index in [1.807, 2.05) is 0 Å². The van der Waals surface area contributed by atoms with Gasteiger partial charge in [-0.25, -0.2) is 9.49 Å². The normalized spacial score (nSPS) is 16.6. The summed E-state index contributed by atoms with van der Waals surface area (Å²) in [5.74, 6) is -2.35. The number of ether oxygens (including phenoxy) is 1. The number of fused-ring (bicyclic) bond motifs is 1. The van der Waals surface area contributed by atoms with E-state index in [4.69, 9.17) is 4.74 Å². The summed E-state index contributed by atoms with van der Waals surface area (Å²) in [4.78, 5) is 51.3. The number of rotatable bonds is 4. The van der Waals surface area contributed by atoms with Gasteiger partial charge in [0, 0.05) is 17.5 Å². The molecule has 1 fully saturated rings. The Balaban J connectivity index is 1.49. The van der Waals surface area contributed by atoms with Crippen LogP contribution in [0.25, 0.3) is 10.8 Å². The van der Waals surface area contributed by atoms with Crippen LogP contribution in [-0.4, -0.2) is 45.5 Å². The number of nitrogens with one attached hydrogen (secondary N) is 1. The van der Waals surface area contributed by atoms with Gasteiger partial charge in [-0.2, -0.15) is 5.10 Å². The van der Waals surface area contributed by atoms with Gasteiger partial charge in [-0.3, -0.25) is 24.1 Å². The van der Waals surface area contributed by atoms with Gasteiger partial charge in [0.05, 0.1) is 17.5 Å². The first kappa shape index (κ1) is 21.4. The van der Waals surface area contributed by atoms with Crippen molar-refractivity contribution < 1.29 is 23.5 Å². The molecule has 4 rings (SSSR count). The SMILES string of the molecule is O=C(Cc1n[nH]c(=O)c2ccccc12)OC1CCCCN(C(=O)c2ccc(F)cc2)C1=O. The number of amides is 2. The summed E-state index contributed by atoms with van der Waals surface area (Å²) in [6.07, 6.45) is 0.101. The third-order valence-corrected chi connectivity index (χ3v) is 5.34. The molecule has 9 heteroatoms.